The molecule has 9 heteroatoms. The highest BCUT2D eigenvalue weighted by Crippen LogP contribution is 2.23. The standard InChI is InChI=1S/C18H14N2O6S/c1-2-11-19-27(24,25)13-9-7-12(8-10-13)18(23)26-20-16(21)14-5-3-4-6-15(14)17(20)22/h2-10,19H,1,11H2. The molecule has 3 rings (SSSR count). The molecule has 27 heavy (non-hydrogen) atoms. The van der Waals surface area contributed by atoms with Crippen LogP contribution in [0.3, 0.4) is 0 Å². The molecule has 0 spiro atoms. The molecule has 1 aliphatic heterocycles. The molecule has 2 aromatic carbocycles. The first-order valence-corrected chi connectivity index (χ1v) is 9.24. The number of hydrogen-bond acceptors (Lipinski definition) is 6. The fourth-order valence-corrected chi connectivity index (χ4v) is 3.41. The van der Waals surface area contributed by atoms with Crippen LogP contribution >= 0.6 is 0 Å². The predicted octanol–water partition coefficient (Wildman–Crippen LogP) is 1.52. The summed E-state index contributed by atoms with van der Waals surface area (Å²) < 4.78 is 26.3. The minimum atomic E-state index is -3.73. The van der Waals surface area contributed by atoms with Crippen molar-refractivity contribution in [3.8, 4) is 0 Å². The number of fused-ring (bicyclic) bond motifs is 1. The molecular formula is C18H14N2O6S. The minimum absolute atomic E-state index is 0.0192. The van der Waals surface area contributed by atoms with Crippen molar-refractivity contribution >= 4 is 27.8 Å². The number of rotatable bonds is 6. The zero-order valence-electron chi connectivity index (χ0n) is 13.9. The van der Waals surface area contributed by atoms with Gasteiger partial charge >= 0.3 is 5.97 Å². The van der Waals surface area contributed by atoms with Gasteiger partial charge in [0.25, 0.3) is 11.8 Å². The minimum Gasteiger partial charge on any atom is -0.324 e. The van der Waals surface area contributed by atoms with E-state index in [1.807, 2.05) is 0 Å². The molecule has 0 bridgehead atoms. The van der Waals surface area contributed by atoms with E-state index in [2.05, 4.69) is 11.3 Å². The number of carbonyl (C=O) groups is 3. The molecule has 0 fully saturated rings. The van der Waals surface area contributed by atoms with Crippen LogP contribution in [0.5, 0.6) is 0 Å². The van der Waals surface area contributed by atoms with E-state index in [0.29, 0.717) is 5.06 Å². The van der Waals surface area contributed by atoms with Crippen LogP contribution in [-0.2, 0) is 14.9 Å². The molecule has 0 unspecified atom stereocenters. The van der Waals surface area contributed by atoms with Crippen molar-refractivity contribution in [3.05, 3.63) is 77.9 Å². The van der Waals surface area contributed by atoms with Gasteiger partial charge in [0.05, 0.1) is 21.6 Å². The Morgan fingerprint density at radius 1 is 1.04 bits per heavy atom. The van der Waals surface area contributed by atoms with Gasteiger partial charge in [-0.15, -0.1) is 6.58 Å². The number of nitrogens with one attached hydrogen (secondary N) is 1. The lowest BCUT2D eigenvalue weighted by molar-refractivity contribution is -0.0584. The lowest BCUT2D eigenvalue weighted by atomic mass is 10.1. The zero-order chi connectivity index (χ0) is 19.6. The number of benzene rings is 2. The number of carbonyl (C=O) groups excluding carboxylic acids is 3. The van der Waals surface area contributed by atoms with Crippen LogP contribution in [0, 0.1) is 0 Å². The molecule has 0 saturated carbocycles. The van der Waals surface area contributed by atoms with E-state index in [1.54, 1.807) is 12.1 Å². The second-order valence-corrected chi connectivity index (χ2v) is 7.26. The third-order valence-corrected chi connectivity index (χ3v) is 5.19. The molecule has 138 valence electrons. The third-order valence-electron chi connectivity index (χ3n) is 3.75. The molecule has 2 aromatic rings. The van der Waals surface area contributed by atoms with Gasteiger partial charge < -0.3 is 4.84 Å². The van der Waals surface area contributed by atoms with Crippen molar-refractivity contribution in [2.75, 3.05) is 6.54 Å². The maximum Gasteiger partial charge on any atom is 0.363 e. The highest BCUT2D eigenvalue weighted by atomic mass is 32.2. The van der Waals surface area contributed by atoms with Gasteiger partial charge in [-0.1, -0.05) is 23.3 Å². The Bertz CT molecular complexity index is 1010. The second kappa shape index (κ2) is 7.14. The normalized spacial score (nSPS) is 13.4. The summed E-state index contributed by atoms with van der Waals surface area (Å²) in [6.45, 7) is 3.48. The number of hydroxylamine groups is 2. The predicted molar refractivity (Wildman–Crippen MR) is 94.2 cm³/mol. The van der Waals surface area contributed by atoms with Crippen LogP contribution in [0.25, 0.3) is 0 Å². The van der Waals surface area contributed by atoms with Crippen LogP contribution < -0.4 is 4.72 Å². The Labute approximate surface area is 155 Å². The molecule has 0 radical (unpaired) electrons. The number of hydrogen-bond donors (Lipinski definition) is 1. The quantitative estimate of drug-likeness (QED) is 0.595. The van der Waals surface area contributed by atoms with Crippen LogP contribution in [0.4, 0.5) is 0 Å². The fourth-order valence-electron chi connectivity index (χ4n) is 2.41. The van der Waals surface area contributed by atoms with Crippen LogP contribution in [0.2, 0.25) is 0 Å². The zero-order valence-corrected chi connectivity index (χ0v) is 14.7. The van der Waals surface area contributed by atoms with Crippen molar-refractivity contribution in [3.63, 3.8) is 0 Å². The van der Waals surface area contributed by atoms with E-state index in [9.17, 15) is 22.8 Å². The van der Waals surface area contributed by atoms with Gasteiger partial charge in [-0.05, 0) is 36.4 Å². The topological polar surface area (TPSA) is 110 Å². The maximum absolute atomic E-state index is 12.2. The molecule has 0 aromatic heterocycles. The van der Waals surface area contributed by atoms with Crippen molar-refractivity contribution in [2.45, 2.75) is 4.90 Å². The Hall–Kier alpha value is -3.30. The van der Waals surface area contributed by atoms with E-state index in [1.165, 1.54) is 42.5 Å². The molecule has 1 aliphatic rings. The van der Waals surface area contributed by atoms with Crippen LogP contribution in [-0.4, -0.2) is 37.8 Å². The van der Waals surface area contributed by atoms with Gasteiger partial charge in [0.15, 0.2) is 0 Å². The summed E-state index contributed by atoms with van der Waals surface area (Å²) in [7, 11) is -3.73. The molecule has 1 heterocycles. The average Bonchev–Trinajstić information content (AvgIpc) is 2.92. The van der Waals surface area contributed by atoms with Crippen molar-refractivity contribution in [2.24, 2.45) is 0 Å². The van der Waals surface area contributed by atoms with Gasteiger partial charge in [0, 0.05) is 6.54 Å². The van der Waals surface area contributed by atoms with Gasteiger partial charge in [0.2, 0.25) is 10.0 Å². The van der Waals surface area contributed by atoms with Gasteiger partial charge in [0.1, 0.15) is 0 Å². The molecule has 2 amide bonds. The molecule has 0 aliphatic carbocycles. The third kappa shape index (κ3) is 3.50. The largest absolute Gasteiger partial charge is 0.363 e. The lowest BCUT2D eigenvalue weighted by Crippen LogP contribution is -2.32. The molecule has 0 saturated heterocycles. The van der Waals surface area contributed by atoms with Crippen LogP contribution in [0.1, 0.15) is 31.1 Å². The summed E-state index contributed by atoms with van der Waals surface area (Å²) >= 11 is 0. The van der Waals surface area contributed by atoms with Gasteiger partial charge in [-0.2, -0.15) is 0 Å². The van der Waals surface area contributed by atoms with Crippen molar-refractivity contribution < 1.29 is 27.6 Å². The Kier molecular flexibility index (Phi) is 4.89. The second-order valence-electron chi connectivity index (χ2n) is 5.49. The van der Waals surface area contributed by atoms with E-state index in [-0.39, 0.29) is 28.1 Å². The molecule has 0 atom stereocenters. The smallest absolute Gasteiger partial charge is 0.324 e. The first-order valence-electron chi connectivity index (χ1n) is 7.76. The number of imide groups is 1. The highest BCUT2D eigenvalue weighted by Gasteiger charge is 2.38. The van der Waals surface area contributed by atoms with Gasteiger partial charge in [-0.25, -0.2) is 17.9 Å². The number of nitrogens with zero attached hydrogens (tertiary/aromatic N) is 1. The SMILES string of the molecule is C=CCNS(=O)(=O)c1ccc(C(=O)ON2C(=O)c3ccccc3C2=O)cc1. The summed E-state index contributed by atoms with van der Waals surface area (Å²) in [4.78, 5) is 41.5. The number of sulfonamides is 1. The summed E-state index contributed by atoms with van der Waals surface area (Å²) in [6, 6.07) is 11.0. The van der Waals surface area contributed by atoms with Gasteiger partial charge in [-0.3, -0.25) is 9.59 Å². The first kappa shape index (κ1) is 18.5. The fraction of sp³-hybridized carbons (Fsp3) is 0.0556. The summed E-state index contributed by atoms with van der Waals surface area (Å²) in [5.41, 5.74) is 0.268. The average molecular weight is 386 g/mol. The monoisotopic (exact) mass is 386 g/mol. The van der Waals surface area contributed by atoms with Crippen molar-refractivity contribution in [1.29, 1.82) is 0 Å². The van der Waals surface area contributed by atoms with E-state index in [0.717, 1.165) is 0 Å². The lowest BCUT2D eigenvalue weighted by Gasteiger charge is -2.13. The first-order chi connectivity index (χ1) is 12.8. The Balaban J connectivity index is 1.75. The van der Waals surface area contributed by atoms with Crippen LogP contribution in [0.15, 0.2) is 66.1 Å². The van der Waals surface area contributed by atoms with E-state index < -0.39 is 27.8 Å². The number of amides is 2. The summed E-state index contributed by atoms with van der Waals surface area (Å²) in [5, 5.41) is 0.392. The summed E-state index contributed by atoms with van der Waals surface area (Å²) in [6.07, 6.45) is 1.39. The molecule has 8 nitrogen and oxygen atoms in total. The van der Waals surface area contributed by atoms with Crippen molar-refractivity contribution in [1.82, 2.24) is 9.79 Å². The Morgan fingerprint density at radius 2 is 1.59 bits per heavy atom. The highest BCUT2D eigenvalue weighted by molar-refractivity contribution is 7.89. The van der Waals surface area contributed by atoms with E-state index in [4.69, 9.17) is 4.84 Å². The molecular weight excluding hydrogens is 372 g/mol. The summed E-state index contributed by atoms with van der Waals surface area (Å²) in [5.74, 6) is -2.44. The molecule has 1 N–H and O–H groups in total. The van der Waals surface area contributed by atoms with E-state index >= 15 is 0 Å². The Morgan fingerprint density at radius 3 is 2.11 bits per heavy atom. The maximum atomic E-state index is 12.2.